The van der Waals surface area contributed by atoms with Gasteiger partial charge in [-0.3, -0.25) is 19.2 Å². The van der Waals surface area contributed by atoms with Crippen molar-refractivity contribution in [3.8, 4) is 17.2 Å². The normalized spacial score (nSPS) is 32.5. The first-order valence-electron chi connectivity index (χ1n) is 20.5. The van der Waals surface area contributed by atoms with Gasteiger partial charge in [0, 0.05) is 55.0 Å². The van der Waals surface area contributed by atoms with Gasteiger partial charge in [-0.25, -0.2) is 9.59 Å². The van der Waals surface area contributed by atoms with Crippen LogP contribution in [-0.4, -0.2) is 112 Å². The molecule has 3 aliphatic carbocycles. The summed E-state index contributed by atoms with van der Waals surface area (Å²) in [5.41, 5.74) is -12.3. The van der Waals surface area contributed by atoms with E-state index in [0.717, 1.165) is 25.2 Å². The molecule has 20 heteroatoms. The molecule has 10 atom stereocenters. The van der Waals surface area contributed by atoms with Gasteiger partial charge < -0.3 is 64.4 Å². The third-order valence-corrected chi connectivity index (χ3v) is 13.0. The first-order chi connectivity index (χ1) is 31.1. The molecular weight excluding hydrogens is 890 g/mol. The lowest BCUT2D eigenvalue weighted by atomic mass is 9.50. The number of hydrogen-bond donors (Lipinski definition) is 8. The smallest absolute Gasteiger partial charge is 0.364 e. The second kappa shape index (κ2) is 16.5. The number of anilines is 1. The molecule has 3 aromatic rings. The van der Waals surface area contributed by atoms with Crippen LogP contribution >= 0.6 is 11.6 Å². The minimum absolute atomic E-state index is 0.00805. The fourth-order valence-electron chi connectivity index (χ4n) is 9.78. The van der Waals surface area contributed by atoms with Crippen molar-refractivity contribution >= 4 is 57.7 Å². The zero-order valence-corrected chi connectivity index (χ0v) is 35.8. The molecule has 3 fully saturated rings. The van der Waals surface area contributed by atoms with E-state index in [-0.39, 0.29) is 51.3 Å². The van der Waals surface area contributed by atoms with Gasteiger partial charge in [-0.05, 0) is 32.1 Å². The summed E-state index contributed by atoms with van der Waals surface area (Å²) in [6, 6.07) is 4.95. The molecule has 5 aliphatic rings. The molecule has 0 bridgehead atoms. The molecule has 0 unspecified atom stereocenters. The van der Waals surface area contributed by atoms with Crippen molar-refractivity contribution in [2.45, 2.75) is 99.1 Å². The second-order valence-electron chi connectivity index (χ2n) is 16.7. The summed E-state index contributed by atoms with van der Waals surface area (Å²) in [4.78, 5) is 77.7. The molecule has 66 heavy (non-hydrogen) atoms. The number of hydrogen-bond acceptors (Lipinski definition) is 18. The Labute approximate surface area is 378 Å². The Morgan fingerprint density at radius 1 is 0.924 bits per heavy atom. The number of aromatic hydroxyl groups is 3. The molecule has 346 valence electrons. The highest BCUT2D eigenvalue weighted by Crippen LogP contribution is 2.74. The number of halogens is 1. The largest absolute Gasteiger partial charge is 0.507 e. The fraction of sp³-hybridized carbons (Fsp3) is 0.348. The van der Waals surface area contributed by atoms with Crippen molar-refractivity contribution in [1.29, 1.82) is 0 Å². The summed E-state index contributed by atoms with van der Waals surface area (Å²) in [5.74, 6) is -6.08. The number of phenolic OH excluding ortho intramolecular Hbond substituents is 2. The van der Waals surface area contributed by atoms with E-state index in [4.69, 9.17) is 35.0 Å². The number of nitrogens with one attached hydrogen (secondary N) is 1. The van der Waals surface area contributed by atoms with Crippen molar-refractivity contribution in [3.63, 3.8) is 0 Å². The fourth-order valence-corrected chi connectivity index (χ4v) is 9.99. The predicted octanol–water partition coefficient (Wildman–Crippen LogP) is 3.00. The van der Waals surface area contributed by atoms with Gasteiger partial charge in [0.2, 0.25) is 17.3 Å². The first kappa shape index (κ1) is 46.1. The minimum Gasteiger partial charge on any atom is -0.507 e. The number of aliphatic hydroxyl groups is 4. The SMILES string of the molecule is CC(=O)O[C@@H]1[C@@H](C)O[C@@H](c2ccc3c(c2O)[C@@H](O)[C@@]24O[C@]2(C3=O)[C@@]2(O)C(=O)C=C(C)C[C@@]2(O)C[C@@H]4O)C[C@H]1OC(=O)/C=C/C=C/C=C/C=C/C(=O)Nc1c(O)c2ccc(O)c(Cl)c2oc1=O. The van der Waals surface area contributed by atoms with Crippen LogP contribution in [0.3, 0.4) is 0 Å². The number of aliphatic hydroxyl groups excluding tert-OH is 2. The van der Waals surface area contributed by atoms with E-state index < -0.39 is 118 Å². The highest BCUT2D eigenvalue weighted by Gasteiger charge is 2.96. The number of Topliss-reactive ketones (excluding diaryl/α,β-unsaturated/α-hetero) is 1. The second-order valence-corrected chi connectivity index (χ2v) is 17.1. The van der Waals surface area contributed by atoms with Crippen LogP contribution in [0.15, 0.2) is 93.7 Å². The molecule has 0 radical (unpaired) electrons. The highest BCUT2D eigenvalue weighted by atomic mass is 35.5. The molecule has 0 spiro atoms. The number of benzene rings is 2. The summed E-state index contributed by atoms with van der Waals surface area (Å²) >= 11 is 5.94. The van der Waals surface area contributed by atoms with Crippen molar-refractivity contribution < 1.29 is 83.1 Å². The lowest BCUT2D eigenvalue weighted by molar-refractivity contribution is -0.210. The molecule has 8 N–H and O–H groups in total. The van der Waals surface area contributed by atoms with Crippen LogP contribution in [0.25, 0.3) is 11.0 Å². The number of epoxide rings is 1. The summed E-state index contributed by atoms with van der Waals surface area (Å²) < 4.78 is 28.2. The van der Waals surface area contributed by atoms with Crippen molar-refractivity contribution in [3.05, 3.63) is 117 Å². The number of ketones is 2. The average molecular weight is 932 g/mol. The van der Waals surface area contributed by atoms with Gasteiger partial charge in [0.25, 0.3) is 0 Å². The number of amides is 1. The molecule has 2 aliphatic heterocycles. The lowest BCUT2D eigenvalue weighted by Gasteiger charge is -2.54. The number of fused-ring (bicyclic) bond motifs is 3. The van der Waals surface area contributed by atoms with Crippen LogP contribution in [0.4, 0.5) is 5.69 Å². The average Bonchev–Trinajstić information content (AvgIpc) is 3.98. The highest BCUT2D eigenvalue weighted by molar-refractivity contribution is 6.36. The summed E-state index contributed by atoms with van der Waals surface area (Å²) in [6.45, 7) is 4.23. The van der Waals surface area contributed by atoms with Gasteiger partial charge in [-0.1, -0.05) is 65.8 Å². The van der Waals surface area contributed by atoms with Gasteiger partial charge in [-0.2, -0.15) is 0 Å². The van der Waals surface area contributed by atoms with Crippen molar-refractivity contribution in [2.75, 3.05) is 5.32 Å². The Morgan fingerprint density at radius 3 is 2.30 bits per heavy atom. The number of rotatable bonds is 9. The quantitative estimate of drug-likeness (QED) is 0.0503. The van der Waals surface area contributed by atoms with Gasteiger partial charge in [0.15, 0.2) is 40.1 Å². The molecular formula is C46H42ClNO18. The van der Waals surface area contributed by atoms with Crippen molar-refractivity contribution in [1.82, 2.24) is 0 Å². The third-order valence-electron chi connectivity index (χ3n) is 12.7. The van der Waals surface area contributed by atoms with E-state index in [2.05, 4.69) is 5.32 Å². The summed E-state index contributed by atoms with van der Waals surface area (Å²) in [5, 5.41) is 80.8. The molecule has 1 amide bonds. The van der Waals surface area contributed by atoms with E-state index >= 15 is 0 Å². The number of phenols is 2. The van der Waals surface area contributed by atoms with Crippen LogP contribution < -0.4 is 10.9 Å². The maximum Gasteiger partial charge on any atom is 0.364 e. The monoisotopic (exact) mass is 931 g/mol. The number of allylic oxidation sites excluding steroid dienone is 6. The van der Waals surface area contributed by atoms with Crippen LogP contribution in [0, 0.1) is 0 Å². The van der Waals surface area contributed by atoms with Gasteiger partial charge in [-0.15, -0.1) is 0 Å². The van der Waals surface area contributed by atoms with E-state index in [0.29, 0.717) is 5.57 Å². The Morgan fingerprint density at radius 2 is 1.61 bits per heavy atom. The topological polar surface area (TPSA) is 309 Å². The summed E-state index contributed by atoms with van der Waals surface area (Å²) in [6.07, 6.45) is 2.51. The molecule has 2 saturated heterocycles. The van der Waals surface area contributed by atoms with Crippen molar-refractivity contribution in [2.24, 2.45) is 0 Å². The molecule has 1 aromatic heterocycles. The van der Waals surface area contributed by atoms with E-state index in [9.17, 15) is 64.5 Å². The van der Waals surface area contributed by atoms with Crippen LogP contribution in [0.1, 0.15) is 73.7 Å². The Kier molecular flexibility index (Phi) is 11.5. The molecule has 1 saturated carbocycles. The minimum atomic E-state index is -2.88. The maximum atomic E-state index is 14.4. The standard InChI is InChI=1S/C46H42ClNO18/c1-20-16-29(51)45(61)43(60,18-20)19-30(52)44-41(58)33-24(40(57)46(44,45)66-44)13-12-23(36(33)55)27-17-28(38(21(2)62-27)63-22(3)49)64-32(54)11-9-7-5-4-6-8-10-31(53)48-35-37(56)25-14-15-26(50)34(47)39(25)65-42(35)59/h4-16,21,27-28,30,38,41,50,52,55-56,58,60-61H,17-19H2,1-3H3,(H,48,53)/b6-4+,7-5+,10-8+,11-9+/t21-,27-,28-,30+,38-,41-,43-,44-,45-,46+/m1/s1. The zero-order chi connectivity index (χ0) is 47.8. The van der Waals surface area contributed by atoms with Crippen LogP contribution in [-0.2, 0) is 38.1 Å². The van der Waals surface area contributed by atoms with Gasteiger partial charge >= 0.3 is 17.6 Å². The Bertz CT molecular complexity index is 2840. The first-order valence-corrected chi connectivity index (χ1v) is 20.8. The lowest BCUT2D eigenvalue weighted by Crippen LogP contribution is -2.78. The van der Waals surface area contributed by atoms with Crippen LogP contribution in [0.5, 0.6) is 17.2 Å². The van der Waals surface area contributed by atoms with E-state index in [1.807, 2.05) is 0 Å². The van der Waals surface area contributed by atoms with Crippen LogP contribution in [0.2, 0.25) is 5.02 Å². The van der Waals surface area contributed by atoms with E-state index in [1.165, 1.54) is 67.6 Å². The van der Waals surface area contributed by atoms with Gasteiger partial charge in [0.05, 0.1) is 23.7 Å². The number of ether oxygens (including phenoxy) is 4. The number of esters is 2. The number of carbonyl (C=O) groups is 5. The Balaban J connectivity index is 0.943. The number of carbonyl (C=O) groups excluding carboxylic acids is 5. The zero-order valence-electron chi connectivity index (χ0n) is 35.1. The predicted molar refractivity (Wildman–Crippen MR) is 227 cm³/mol. The van der Waals surface area contributed by atoms with E-state index in [1.54, 1.807) is 6.92 Å². The molecule has 2 aromatic carbocycles. The summed E-state index contributed by atoms with van der Waals surface area (Å²) in [7, 11) is 0. The molecule has 19 nitrogen and oxygen atoms in total. The third kappa shape index (κ3) is 6.88. The molecule has 8 rings (SSSR count). The molecule has 3 heterocycles. The Hall–Kier alpha value is -6.45. The van der Waals surface area contributed by atoms with Gasteiger partial charge in [0.1, 0.15) is 34.3 Å². The maximum absolute atomic E-state index is 14.4.